The number of amides is 1. The second kappa shape index (κ2) is 9.92. The average Bonchev–Trinajstić information content (AvgIpc) is 3.35. The highest BCUT2D eigenvalue weighted by Crippen LogP contribution is 2.35. The minimum absolute atomic E-state index is 0. The van der Waals surface area contributed by atoms with Gasteiger partial charge in [-0.25, -0.2) is 9.97 Å². The largest absolute Gasteiger partial charge is 0.337 e. The molecule has 4 rings (SSSR count). The summed E-state index contributed by atoms with van der Waals surface area (Å²) in [4.78, 5) is 24.2. The maximum absolute atomic E-state index is 13.4. The van der Waals surface area contributed by atoms with E-state index in [2.05, 4.69) is 4.98 Å². The van der Waals surface area contributed by atoms with Gasteiger partial charge < -0.3 is 4.57 Å². The van der Waals surface area contributed by atoms with Crippen molar-refractivity contribution >= 4 is 56.6 Å². The summed E-state index contributed by atoms with van der Waals surface area (Å²) in [6.07, 6.45) is 11.9. The van der Waals surface area contributed by atoms with Crippen LogP contribution in [0.2, 0.25) is 5.02 Å². The average molecular weight is 453 g/mol. The van der Waals surface area contributed by atoms with Crippen LogP contribution in [-0.2, 0) is 11.3 Å². The number of thiazole rings is 1. The van der Waals surface area contributed by atoms with Gasteiger partial charge in [0.2, 0.25) is 5.91 Å². The quantitative estimate of drug-likeness (QED) is 0.468. The topological polar surface area (TPSA) is 51.0 Å². The van der Waals surface area contributed by atoms with E-state index in [0.717, 1.165) is 59.6 Å². The van der Waals surface area contributed by atoms with Gasteiger partial charge in [-0.2, -0.15) is 0 Å². The maximum Gasteiger partial charge on any atom is 0.231 e. The standard InChI is InChI=1S/C21H25ClN4OS.ClH/c1-15-12-17(22)13-18-19(15)24-21(28-18)26(10-5-9-25-11-8-23-14-25)20(27)16-6-3-2-4-7-16;/h8,11-14,16H,2-7,9-10H2,1H3;1H. The third-order valence-electron chi connectivity index (χ3n) is 5.45. The van der Waals surface area contributed by atoms with Crippen LogP contribution in [0.1, 0.15) is 44.1 Å². The summed E-state index contributed by atoms with van der Waals surface area (Å²) in [5.74, 6) is 0.354. The van der Waals surface area contributed by atoms with Gasteiger partial charge in [0.25, 0.3) is 0 Å². The van der Waals surface area contributed by atoms with E-state index in [-0.39, 0.29) is 24.2 Å². The molecule has 5 nitrogen and oxygen atoms in total. The van der Waals surface area contributed by atoms with Gasteiger partial charge in [0, 0.05) is 36.4 Å². The van der Waals surface area contributed by atoms with Crippen molar-refractivity contribution in [2.75, 3.05) is 11.4 Å². The molecule has 156 valence electrons. The Morgan fingerprint density at radius 3 is 2.83 bits per heavy atom. The summed E-state index contributed by atoms with van der Waals surface area (Å²) >= 11 is 7.79. The summed E-state index contributed by atoms with van der Waals surface area (Å²) in [6, 6.07) is 3.87. The Kier molecular flexibility index (Phi) is 7.55. The Morgan fingerprint density at radius 1 is 1.31 bits per heavy atom. The number of benzene rings is 1. The van der Waals surface area contributed by atoms with Crippen LogP contribution < -0.4 is 4.90 Å². The zero-order valence-electron chi connectivity index (χ0n) is 16.5. The van der Waals surface area contributed by atoms with Crippen molar-refractivity contribution in [3.05, 3.63) is 41.4 Å². The Balaban J connectivity index is 0.00000240. The van der Waals surface area contributed by atoms with Crippen molar-refractivity contribution in [3.63, 3.8) is 0 Å². The highest BCUT2D eigenvalue weighted by Gasteiger charge is 2.28. The van der Waals surface area contributed by atoms with Gasteiger partial charge in [0.1, 0.15) is 0 Å². The Labute approximate surface area is 186 Å². The van der Waals surface area contributed by atoms with Crippen LogP contribution in [-0.4, -0.2) is 27.0 Å². The Hall–Kier alpha value is -1.63. The third kappa shape index (κ3) is 5.11. The second-order valence-electron chi connectivity index (χ2n) is 7.54. The molecule has 2 aromatic heterocycles. The monoisotopic (exact) mass is 452 g/mol. The lowest BCUT2D eigenvalue weighted by molar-refractivity contribution is -0.123. The van der Waals surface area contributed by atoms with E-state index in [1.165, 1.54) is 6.42 Å². The molecule has 3 aromatic rings. The molecule has 0 aliphatic heterocycles. The Morgan fingerprint density at radius 2 is 2.10 bits per heavy atom. The molecule has 1 aliphatic carbocycles. The minimum atomic E-state index is 0. The number of rotatable bonds is 6. The molecule has 0 bridgehead atoms. The lowest BCUT2D eigenvalue weighted by atomic mass is 9.88. The Bertz CT molecular complexity index is 951. The SMILES string of the molecule is Cc1cc(Cl)cc2sc(N(CCCn3ccnc3)C(=O)C3CCCCC3)nc12.Cl. The van der Waals surface area contributed by atoms with Crippen LogP contribution in [0.4, 0.5) is 5.13 Å². The maximum atomic E-state index is 13.4. The van der Waals surface area contributed by atoms with Crippen molar-refractivity contribution in [2.24, 2.45) is 5.92 Å². The number of imidazole rings is 1. The van der Waals surface area contributed by atoms with E-state index < -0.39 is 0 Å². The van der Waals surface area contributed by atoms with Crippen molar-refractivity contribution < 1.29 is 4.79 Å². The molecule has 0 atom stereocenters. The van der Waals surface area contributed by atoms with E-state index in [1.807, 2.05) is 41.0 Å². The fourth-order valence-electron chi connectivity index (χ4n) is 3.96. The molecule has 1 amide bonds. The van der Waals surface area contributed by atoms with E-state index in [9.17, 15) is 4.79 Å². The number of carbonyl (C=O) groups excluding carboxylic acids is 1. The van der Waals surface area contributed by atoms with E-state index in [4.69, 9.17) is 16.6 Å². The summed E-state index contributed by atoms with van der Waals surface area (Å²) in [7, 11) is 0. The molecule has 0 radical (unpaired) electrons. The lowest BCUT2D eigenvalue weighted by Gasteiger charge is -2.27. The number of anilines is 1. The number of halogens is 2. The molecule has 1 aliphatic rings. The van der Waals surface area contributed by atoms with Gasteiger partial charge in [0.05, 0.1) is 16.5 Å². The van der Waals surface area contributed by atoms with E-state index in [1.54, 1.807) is 17.5 Å². The zero-order chi connectivity index (χ0) is 19.5. The normalized spacial score (nSPS) is 14.7. The number of nitrogens with zero attached hydrogens (tertiary/aromatic N) is 4. The molecular weight excluding hydrogens is 427 g/mol. The molecule has 1 saturated carbocycles. The number of carbonyl (C=O) groups is 1. The van der Waals surface area contributed by atoms with Crippen LogP contribution in [0.5, 0.6) is 0 Å². The molecule has 29 heavy (non-hydrogen) atoms. The zero-order valence-corrected chi connectivity index (χ0v) is 18.9. The molecule has 2 heterocycles. The third-order valence-corrected chi connectivity index (χ3v) is 6.69. The smallest absolute Gasteiger partial charge is 0.231 e. The highest BCUT2D eigenvalue weighted by atomic mass is 35.5. The summed E-state index contributed by atoms with van der Waals surface area (Å²) in [5, 5.41) is 1.51. The number of aryl methyl sites for hydroxylation is 2. The molecule has 0 unspecified atom stereocenters. The lowest BCUT2D eigenvalue weighted by Crippen LogP contribution is -2.38. The van der Waals surface area contributed by atoms with E-state index >= 15 is 0 Å². The molecule has 8 heteroatoms. The van der Waals surface area contributed by atoms with Gasteiger partial charge in [-0.1, -0.05) is 42.2 Å². The second-order valence-corrected chi connectivity index (χ2v) is 8.99. The molecule has 0 N–H and O–H groups in total. The van der Waals surface area contributed by atoms with Crippen molar-refractivity contribution in [2.45, 2.75) is 52.0 Å². The van der Waals surface area contributed by atoms with Crippen LogP contribution >= 0.6 is 35.3 Å². The van der Waals surface area contributed by atoms with Gasteiger partial charge in [0.15, 0.2) is 5.13 Å². The number of hydrogen-bond acceptors (Lipinski definition) is 4. The van der Waals surface area contributed by atoms with Crippen molar-refractivity contribution in [1.82, 2.24) is 14.5 Å². The minimum Gasteiger partial charge on any atom is -0.337 e. The highest BCUT2D eigenvalue weighted by molar-refractivity contribution is 7.22. The number of hydrogen-bond donors (Lipinski definition) is 0. The van der Waals surface area contributed by atoms with Gasteiger partial charge >= 0.3 is 0 Å². The van der Waals surface area contributed by atoms with Gasteiger partial charge in [-0.15, -0.1) is 12.4 Å². The molecular formula is C21H26Cl2N4OS. The van der Waals surface area contributed by atoms with Crippen molar-refractivity contribution in [3.8, 4) is 0 Å². The predicted molar refractivity (Wildman–Crippen MR) is 122 cm³/mol. The van der Waals surface area contributed by atoms with Crippen LogP contribution in [0.25, 0.3) is 10.2 Å². The number of aromatic nitrogens is 3. The molecule has 0 spiro atoms. The molecule has 1 fully saturated rings. The summed E-state index contributed by atoms with van der Waals surface area (Å²) in [6.45, 7) is 3.52. The first-order valence-corrected chi connectivity index (χ1v) is 11.1. The first-order valence-electron chi connectivity index (χ1n) is 9.95. The van der Waals surface area contributed by atoms with Crippen LogP contribution in [0.15, 0.2) is 30.9 Å². The molecule has 0 saturated heterocycles. The molecule has 1 aromatic carbocycles. The fourth-order valence-corrected chi connectivity index (χ4v) is 5.41. The van der Waals surface area contributed by atoms with Crippen LogP contribution in [0, 0.1) is 12.8 Å². The number of fused-ring (bicyclic) bond motifs is 1. The summed E-state index contributed by atoms with van der Waals surface area (Å²) < 4.78 is 3.09. The fraction of sp³-hybridized carbons (Fsp3) is 0.476. The van der Waals surface area contributed by atoms with Gasteiger partial charge in [-0.05, 0) is 43.9 Å². The predicted octanol–water partition coefficient (Wildman–Crippen LogP) is 5.88. The van der Waals surface area contributed by atoms with Gasteiger partial charge in [-0.3, -0.25) is 9.69 Å². The first-order chi connectivity index (χ1) is 13.6. The van der Waals surface area contributed by atoms with Crippen LogP contribution in [0.3, 0.4) is 0 Å². The van der Waals surface area contributed by atoms with Crippen molar-refractivity contribution in [1.29, 1.82) is 0 Å². The first kappa shape index (κ1) is 22.1. The van der Waals surface area contributed by atoms with E-state index in [0.29, 0.717) is 11.6 Å². The summed E-state index contributed by atoms with van der Waals surface area (Å²) in [5.41, 5.74) is 1.99.